The monoisotopic (exact) mass is 397 g/mol. The van der Waals surface area contributed by atoms with Crippen molar-refractivity contribution in [3.05, 3.63) is 75.8 Å². The number of ether oxygens (including phenoxy) is 2. The molecule has 0 amide bonds. The standard InChI is InChI=1S/C22H20ClNO4/c1-27-21(25)13-8-6-12(7-9-13)19-15-5-3-4-14(15)18-16(22(26)28-2)10-11-17(23)20(18)24-19/h3-4,6-11,14-15,19,24H,5H2,1-2H3/t14-,15+,19-/m0/s1. The summed E-state index contributed by atoms with van der Waals surface area (Å²) in [7, 11) is 2.75. The second-order valence-electron chi connectivity index (χ2n) is 6.96. The number of carbonyl (C=O) groups excluding carboxylic acids is 2. The van der Waals surface area contributed by atoms with Gasteiger partial charge in [0.15, 0.2) is 0 Å². The summed E-state index contributed by atoms with van der Waals surface area (Å²) in [6.07, 6.45) is 5.17. The van der Waals surface area contributed by atoms with E-state index in [2.05, 4.69) is 17.5 Å². The molecule has 2 aliphatic rings. The number of methoxy groups -OCH3 is 2. The number of rotatable bonds is 3. The molecule has 0 radical (unpaired) electrons. The molecule has 6 heteroatoms. The van der Waals surface area contributed by atoms with Crippen LogP contribution in [-0.4, -0.2) is 26.2 Å². The first-order valence-electron chi connectivity index (χ1n) is 9.07. The van der Waals surface area contributed by atoms with Gasteiger partial charge in [-0.2, -0.15) is 0 Å². The molecule has 0 unspecified atom stereocenters. The van der Waals surface area contributed by atoms with Crippen LogP contribution in [0.4, 0.5) is 5.69 Å². The van der Waals surface area contributed by atoms with Gasteiger partial charge in [-0.15, -0.1) is 0 Å². The molecule has 28 heavy (non-hydrogen) atoms. The van der Waals surface area contributed by atoms with Gasteiger partial charge in [-0.05, 0) is 47.7 Å². The highest BCUT2D eigenvalue weighted by molar-refractivity contribution is 6.33. The third kappa shape index (κ3) is 2.96. The van der Waals surface area contributed by atoms with Gasteiger partial charge in [0.25, 0.3) is 0 Å². The Balaban J connectivity index is 1.77. The van der Waals surface area contributed by atoms with Gasteiger partial charge in [0.05, 0.1) is 42.1 Å². The van der Waals surface area contributed by atoms with Crippen LogP contribution < -0.4 is 5.32 Å². The van der Waals surface area contributed by atoms with E-state index in [1.807, 2.05) is 12.1 Å². The average molecular weight is 398 g/mol. The number of anilines is 1. The first-order chi connectivity index (χ1) is 13.5. The topological polar surface area (TPSA) is 64.6 Å². The van der Waals surface area contributed by atoms with Gasteiger partial charge in [0.1, 0.15) is 0 Å². The van der Waals surface area contributed by atoms with Crippen LogP contribution in [0.5, 0.6) is 0 Å². The Morgan fingerprint density at radius 2 is 1.75 bits per heavy atom. The van der Waals surface area contributed by atoms with E-state index in [1.54, 1.807) is 24.3 Å². The predicted octanol–water partition coefficient (Wildman–Crippen LogP) is 4.74. The summed E-state index contributed by atoms with van der Waals surface area (Å²) < 4.78 is 9.74. The maximum Gasteiger partial charge on any atom is 0.338 e. The van der Waals surface area contributed by atoms with Crippen molar-refractivity contribution >= 4 is 29.2 Å². The summed E-state index contributed by atoms with van der Waals surface area (Å²) >= 11 is 6.49. The molecule has 2 aromatic rings. The van der Waals surface area contributed by atoms with Crippen molar-refractivity contribution in [3.8, 4) is 0 Å². The Hall–Kier alpha value is -2.79. The number of benzene rings is 2. The Morgan fingerprint density at radius 1 is 1.04 bits per heavy atom. The summed E-state index contributed by atoms with van der Waals surface area (Å²) in [6.45, 7) is 0. The molecule has 1 heterocycles. The van der Waals surface area contributed by atoms with Crippen molar-refractivity contribution in [1.82, 2.24) is 0 Å². The smallest absolute Gasteiger partial charge is 0.338 e. The lowest BCUT2D eigenvalue weighted by Gasteiger charge is -2.38. The lowest BCUT2D eigenvalue weighted by atomic mass is 9.75. The molecule has 0 spiro atoms. The largest absolute Gasteiger partial charge is 0.465 e. The van der Waals surface area contributed by atoms with Gasteiger partial charge in [0, 0.05) is 5.92 Å². The molecule has 1 aliphatic carbocycles. The van der Waals surface area contributed by atoms with E-state index in [9.17, 15) is 9.59 Å². The van der Waals surface area contributed by atoms with E-state index in [1.165, 1.54) is 14.2 Å². The summed E-state index contributed by atoms with van der Waals surface area (Å²) in [4.78, 5) is 24.0. The lowest BCUT2D eigenvalue weighted by Crippen LogP contribution is -2.30. The predicted molar refractivity (Wildman–Crippen MR) is 107 cm³/mol. The summed E-state index contributed by atoms with van der Waals surface area (Å²) in [5.74, 6) is -0.429. The molecule has 0 aromatic heterocycles. The van der Waals surface area contributed by atoms with Gasteiger partial charge < -0.3 is 14.8 Å². The number of allylic oxidation sites excluding steroid dienone is 2. The zero-order chi connectivity index (χ0) is 19.8. The Kier molecular flexibility index (Phi) is 4.85. The van der Waals surface area contributed by atoms with Gasteiger partial charge in [-0.25, -0.2) is 9.59 Å². The molecule has 1 N–H and O–H groups in total. The second-order valence-corrected chi connectivity index (χ2v) is 7.37. The molecule has 144 valence electrons. The minimum Gasteiger partial charge on any atom is -0.465 e. The van der Waals surface area contributed by atoms with Gasteiger partial charge in [-0.1, -0.05) is 35.9 Å². The van der Waals surface area contributed by atoms with Crippen LogP contribution in [0.3, 0.4) is 0 Å². The van der Waals surface area contributed by atoms with Crippen LogP contribution in [0.2, 0.25) is 5.02 Å². The Morgan fingerprint density at radius 3 is 2.43 bits per heavy atom. The van der Waals surface area contributed by atoms with Crippen LogP contribution in [0.15, 0.2) is 48.6 Å². The van der Waals surface area contributed by atoms with Crippen molar-refractivity contribution in [1.29, 1.82) is 0 Å². The first kappa shape index (κ1) is 18.6. The quantitative estimate of drug-likeness (QED) is 0.598. The molecular weight excluding hydrogens is 378 g/mol. The van der Waals surface area contributed by atoms with E-state index in [0.29, 0.717) is 16.1 Å². The molecule has 4 rings (SSSR count). The van der Waals surface area contributed by atoms with E-state index < -0.39 is 0 Å². The van der Waals surface area contributed by atoms with Crippen molar-refractivity contribution in [2.75, 3.05) is 19.5 Å². The Labute approximate surface area is 168 Å². The van der Waals surface area contributed by atoms with Gasteiger partial charge in [0.2, 0.25) is 0 Å². The molecule has 0 saturated heterocycles. The number of esters is 2. The van der Waals surface area contributed by atoms with E-state index >= 15 is 0 Å². The normalized spacial score (nSPS) is 22.0. The maximum atomic E-state index is 12.3. The molecule has 0 bridgehead atoms. The first-order valence-corrected chi connectivity index (χ1v) is 9.45. The summed E-state index contributed by atoms with van der Waals surface area (Å²) in [5.41, 5.74) is 3.75. The van der Waals surface area contributed by atoms with Crippen molar-refractivity contribution in [3.63, 3.8) is 0 Å². The zero-order valence-electron chi connectivity index (χ0n) is 15.6. The summed E-state index contributed by atoms with van der Waals surface area (Å²) in [5, 5.41) is 4.11. The number of nitrogens with one attached hydrogen (secondary N) is 1. The highest BCUT2D eigenvalue weighted by Gasteiger charge is 2.41. The fraction of sp³-hybridized carbons (Fsp3) is 0.273. The van der Waals surface area contributed by atoms with E-state index in [-0.39, 0.29) is 29.8 Å². The van der Waals surface area contributed by atoms with Crippen molar-refractivity contribution in [2.45, 2.75) is 18.4 Å². The highest BCUT2D eigenvalue weighted by atomic mass is 35.5. The third-order valence-corrected chi connectivity index (χ3v) is 5.88. The molecule has 3 atom stereocenters. The van der Waals surface area contributed by atoms with E-state index in [0.717, 1.165) is 23.2 Å². The molecule has 1 aliphatic heterocycles. The molecule has 0 fully saturated rings. The number of carbonyl (C=O) groups is 2. The fourth-order valence-electron chi connectivity index (χ4n) is 4.24. The highest BCUT2D eigenvalue weighted by Crippen LogP contribution is 2.52. The van der Waals surface area contributed by atoms with E-state index in [4.69, 9.17) is 21.1 Å². The van der Waals surface area contributed by atoms with Crippen molar-refractivity contribution < 1.29 is 19.1 Å². The number of halogens is 1. The Bertz CT molecular complexity index is 967. The summed E-state index contributed by atoms with van der Waals surface area (Å²) in [6, 6.07) is 10.8. The minimum absolute atomic E-state index is 0.00425. The third-order valence-electron chi connectivity index (χ3n) is 5.57. The van der Waals surface area contributed by atoms with Gasteiger partial charge >= 0.3 is 11.9 Å². The van der Waals surface area contributed by atoms with Crippen LogP contribution in [0.1, 0.15) is 50.2 Å². The number of hydrogen-bond donors (Lipinski definition) is 1. The van der Waals surface area contributed by atoms with Gasteiger partial charge in [-0.3, -0.25) is 0 Å². The van der Waals surface area contributed by atoms with Crippen LogP contribution in [-0.2, 0) is 9.47 Å². The molecule has 2 aromatic carbocycles. The van der Waals surface area contributed by atoms with Crippen molar-refractivity contribution in [2.24, 2.45) is 5.92 Å². The van der Waals surface area contributed by atoms with Crippen LogP contribution in [0.25, 0.3) is 0 Å². The molecule has 0 saturated carbocycles. The number of fused-ring (bicyclic) bond motifs is 3. The molecule has 5 nitrogen and oxygen atoms in total. The second kappa shape index (κ2) is 7.32. The fourth-order valence-corrected chi connectivity index (χ4v) is 4.46. The van der Waals surface area contributed by atoms with Crippen LogP contribution >= 0.6 is 11.6 Å². The molecular formula is C22H20ClNO4. The van der Waals surface area contributed by atoms with Crippen LogP contribution in [0, 0.1) is 5.92 Å². The lowest BCUT2D eigenvalue weighted by molar-refractivity contribution is 0.0591. The zero-order valence-corrected chi connectivity index (χ0v) is 16.3. The minimum atomic E-state index is -0.366. The maximum absolute atomic E-state index is 12.3. The number of hydrogen-bond acceptors (Lipinski definition) is 5. The average Bonchev–Trinajstić information content (AvgIpc) is 3.22. The SMILES string of the molecule is COC(=O)c1ccc([C@@H]2Nc3c(Cl)ccc(C(=O)OC)c3[C@H]3C=CC[C@H]32)cc1.